The summed E-state index contributed by atoms with van der Waals surface area (Å²) in [6.07, 6.45) is 0. The third-order valence-corrected chi connectivity index (χ3v) is 3.08. The number of hydrogen-bond donors (Lipinski definition) is 1. The number of ketones is 1. The van der Waals surface area contributed by atoms with Gasteiger partial charge in [-0.05, 0) is 5.56 Å². The number of rotatable bonds is 7. The first-order chi connectivity index (χ1) is 10.7. The zero-order valence-electron chi connectivity index (χ0n) is 12.5. The maximum absolute atomic E-state index is 11.9. The summed E-state index contributed by atoms with van der Waals surface area (Å²) in [5.74, 6) is 0.133. The molecule has 0 aliphatic rings. The molecule has 0 spiro atoms. The Morgan fingerprint density at radius 2 is 1.86 bits per heavy atom. The lowest BCUT2D eigenvalue weighted by molar-refractivity contribution is 0.0842. The van der Waals surface area contributed by atoms with Crippen molar-refractivity contribution in [1.82, 2.24) is 0 Å². The van der Waals surface area contributed by atoms with Crippen molar-refractivity contribution in [2.75, 3.05) is 20.8 Å². The van der Waals surface area contributed by atoms with Crippen molar-refractivity contribution in [3.8, 4) is 17.2 Å². The van der Waals surface area contributed by atoms with Crippen molar-refractivity contribution >= 4 is 5.78 Å². The highest BCUT2D eigenvalue weighted by Crippen LogP contribution is 2.34. The van der Waals surface area contributed by atoms with Gasteiger partial charge in [0.1, 0.15) is 36.0 Å². The Labute approximate surface area is 129 Å². The molecule has 0 bridgehead atoms. The van der Waals surface area contributed by atoms with E-state index in [0.717, 1.165) is 5.56 Å². The minimum absolute atomic E-state index is 0.0939. The second kappa shape index (κ2) is 7.47. The predicted molar refractivity (Wildman–Crippen MR) is 81.6 cm³/mol. The Morgan fingerprint density at radius 1 is 1.14 bits per heavy atom. The highest BCUT2D eigenvalue weighted by molar-refractivity contribution is 6.02. The molecule has 0 radical (unpaired) electrons. The lowest BCUT2D eigenvalue weighted by atomic mass is 10.1. The van der Waals surface area contributed by atoms with Crippen LogP contribution in [0.15, 0.2) is 42.5 Å². The van der Waals surface area contributed by atoms with Crippen molar-refractivity contribution < 1.29 is 24.1 Å². The van der Waals surface area contributed by atoms with Crippen molar-refractivity contribution in [1.29, 1.82) is 0 Å². The van der Waals surface area contributed by atoms with Gasteiger partial charge in [-0.2, -0.15) is 0 Å². The Morgan fingerprint density at radius 3 is 2.50 bits per heavy atom. The van der Waals surface area contributed by atoms with Gasteiger partial charge in [0.15, 0.2) is 5.78 Å². The number of phenols is 1. The first-order valence-electron chi connectivity index (χ1n) is 6.75. The summed E-state index contributed by atoms with van der Waals surface area (Å²) >= 11 is 0. The number of hydrogen-bond acceptors (Lipinski definition) is 5. The Balaban J connectivity index is 2.20. The SMILES string of the molecule is COCC(=O)c1c(O)cc(OCc2ccccc2)cc1OC. The van der Waals surface area contributed by atoms with E-state index in [1.807, 2.05) is 30.3 Å². The van der Waals surface area contributed by atoms with Gasteiger partial charge in [0, 0.05) is 19.2 Å². The third kappa shape index (κ3) is 3.77. The summed E-state index contributed by atoms with van der Waals surface area (Å²) in [5, 5.41) is 10.1. The van der Waals surface area contributed by atoms with Crippen LogP contribution < -0.4 is 9.47 Å². The van der Waals surface area contributed by atoms with Gasteiger partial charge in [-0.15, -0.1) is 0 Å². The molecule has 116 valence electrons. The molecule has 22 heavy (non-hydrogen) atoms. The monoisotopic (exact) mass is 302 g/mol. The average molecular weight is 302 g/mol. The molecular weight excluding hydrogens is 284 g/mol. The first-order valence-corrected chi connectivity index (χ1v) is 6.75. The summed E-state index contributed by atoms with van der Waals surface area (Å²) in [4.78, 5) is 11.9. The molecule has 2 aromatic rings. The zero-order valence-corrected chi connectivity index (χ0v) is 12.5. The van der Waals surface area contributed by atoms with Gasteiger partial charge in [0.2, 0.25) is 0 Å². The van der Waals surface area contributed by atoms with E-state index in [0.29, 0.717) is 12.4 Å². The predicted octanol–water partition coefficient (Wildman–Crippen LogP) is 2.81. The molecule has 2 rings (SSSR count). The minimum Gasteiger partial charge on any atom is -0.507 e. The van der Waals surface area contributed by atoms with Crippen LogP contribution in [0.3, 0.4) is 0 Å². The van der Waals surface area contributed by atoms with Crippen LogP contribution in [0.1, 0.15) is 15.9 Å². The summed E-state index contributed by atoms with van der Waals surface area (Å²) in [5.41, 5.74) is 1.09. The minimum atomic E-state index is -0.355. The number of aromatic hydroxyl groups is 1. The molecule has 0 amide bonds. The number of carbonyl (C=O) groups excluding carboxylic acids is 1. The van der Waals surface area contributed by atoms with E-state index in [9.17, 15) is 9.90 Å². The quantitative estimate of drug-likeness (QED) is 0.797. The topological polar surface area (TPSA) is 65.0 Å². The second-order valence-corrected chi connectivity index (χ2v) is 4.65. The molecule has 1 N–H and O–H groups in total. The second-order valence-electron chi connectivity index (χ2n) is 4.65. The fraction of sp³-hybridized carbons (Fsp3) is 0.235. The molecule has 0 aliphatic carbocycles. The van der Waals surface area contributed by atoms with Gasteiger partial charge < -0.3 is 19.3 Å². The van der Waals surface area contributed by atoms with Crippen LogP contribution in [0.4, 0.5) is 0 Å². The number of methoxy groups -OCH3 is 2. The molecule has 0 saturated carbocycles. The normalized spacial score (nSPS) is 10.3. The molecule has 2 aromatic carbocycles. The highest BCUT2D eigenvalue weighted by Gasteiger charge is 2.19. The van der Waals surface area contributed by atoms with E-state index in [4.69, 9.17) is 14.2 Å². The first kappa shape index (κ1) is 15.9. The lowest BCUT2D eigenvalue weighted by Crippen LogP contribution is -2.09. The van der Waals surface area contributed by atoms with E-state index in [1.165, 1.54) is 20.3 Å². The largest absolute Gasteiger partial charge is 0.507 e. The standard InChI is InChI=1S/C17H18O5/c1-20-11-15(19)17-14(18)8-13(9-16(17)21-2)22-10-12-6-4-3-5-7-12/h3-9,18H,10-11H2,1-2H3. The van der Waals surface area contributed by atoms with Crippen LogP contribution in [0.25, 0.3) is 0 Å². The van der Waals surface area contributed by atoms with Gasteiger partial charge in [-0.1, -0.05) is 30.3 Å². The molecule has 0 atom stereocenters. The Bertz CT molecular complexity index is 637. The van der Waals surface area contributed by atoms with E-state index in [2.05, 4.69) is 0 Å². The van der Waals surface area contributed by atoms with Gasteiger partial charge in [0.05, 0.1) is 7.11 Å². The van der Waals surface area contributed by atoms with Gasteiger partial charge in [0.25, 0.3) is 0 Å². The zero-order chi connectivity index (χ0) is 15.9. The molecule has 0 heterocycles. The van der Waals surface area contributed by atoms with E-state index in [-0.39, 0.29) is 29.5 Å². The number of phenolic OH excluding ortho intramolecular Hbond substituents is 1. The van der Waals surface area contributed by atoms with Gasteiger partial charge in [-0.25, -0.2) is 0 Å². The van der Waals surface area contributed by atoms with Crippen molar-refractivity contribution in [3.63, 3.8) is 0 Å². The van der Waals surface area contributed by atoms with Gasteiger partial charge in [-0.3, -0.25) is 4.79 Å². The van der Waals surface area contributed by atoms with E-state index >= 15 is 0 Å². The van der Waals surface area contributed by atoms with Crippen molar-refractivity contribution in [2.45, 2.75) is 6.61 Å². The summed E-state index contributed by atoms with van der Waals surface area (Å²) in [7, 11) is 2.85. The summed E-state index contributed by atoms with van der Waals surface area (Å²) < 4.78 is 15.6. The fourth-order valence-corrected chi connectivity index (χ4v) is 2.04. The smallest absolute Gasteiger partial charge is 0.195 e. The number of carbonyl (C=O) groups is 1. The average Bonchev–Trinajstić information content (AvgIpc) is 2.53. The Kier molecular flexibility index (Phi) is 5.38. The number of ether oxygens (including phenoxy) is 3. The molecule has 5 heteroatoms. The van der Waals surface area contributed by atoms with Crippen LogP contribution in [0.2, 0.25) is 0 Å². The number of benzene rings is 2. The van der Waals surface area contributed by atoms with Crippen LogP contribution in [-0.2, 0) is 11.3 Å². The number of Topliss-reactive ketones (excluding diaryl/α,β-unsaturated/α-hetero) is 1. The molecule has 0 fully saturated rings. The summed E-state index contributed by atoms with van der Waals surface area (Å²) in [6, 6.07) is 12.6. The molecule has 0 saturated heterocycles. The third-order valence-electron chi connectivity index (χ3n) is 3.08. The molecular formula is C17H18O5. The molecule has 0 aliphatic heterocycles. The van der Waals surface area contributed by atoms with E-state index in [1.54, 1.807) is 6.07 Å². The van der Waals surface area contributed by atoms with Crippen molar-refractivity contribution in [3.05, 3.63) is 53.6 Å². The van der Waals surface area contributed by atoms with Gasteiger partial charge >= 0.3 is 0 Å². The fourth-order valence-electron chi connectivity index (χ4n) is 2.04. The maximum atomic E-state index is 11.9. The van der Waals surface area contributed by atoms with Crippen LogP contribution >= 0.6 is 0 Å². The molecule has 5 nitrogen and oxygen atoms in total. The van der Waals surface area contributed by atoms with Crippen LogP contribution in [0.5, 0.6) is 17.2 Å². The maximum Gasteiger partial charge on any atom is 0.195 e. The lowest BCUT2D eigenvalue weighted by Gasteiger charge is -2.13. The van der Waals surface area contributed by atoms with Crippen LogP contribution in [0, 0.1) is 0 Å². The van der Waals surface area contributed by atoms with E-state index < -0.39 is 0 Å². The molecule has 0 unspecified atom stereocenters. The highest BCUT2D eigenvalue weighted by atomic mass is 16.5. The van der Waals surface area contributed by atoms with Crippen molar-refractivity contribution in [2.24, 2.45) is 0 Å². The Hall–Kier alpha value is -2.53. The molecule has 0 aromatic heterocycles. The summed E-state index contributed by atoms with van der Waals surface area (Å²) in [6.45, 7) is 0.225. The van der Waals surface area contributed by atoms with Crippen LogP contribution in [-0.4, -0.2) is 31.7 Å².